The lowest BCUT2D eigenvalue weighted by molar-refractivity contribution is 1.45. The molecule has 0 aliphatic carbocycles. The zero-order valence-electron chi connectivity index (χ0n) is 3.32. The summed E-state index contributed by atoms with van der Waals surface area (Å²) in [6.45, 7) is 5.49. The third kappa shape index (κ3) is 4.09. The highest BCUT2D eigenvalue weighted by atomic mass is 32.1. The molecule has 0 rings (SSSR count). The van der Waals surface area contributed by atoms with Crippen LogP contribution in [-0.4, -0.2) is 5.75 Å². The van der Waals surface area contributed by atoms with E-state index in [1.165, 1.54) is 0 Å². The standard InChI is InChI=1S/C4H7S/c1-4(2)3-5/h1,3H2,2H3. The van der Waals surface area contributed by atoms with E-state index in [0.717, 1.165) is 5.57 Å². The van der Waals surface area contributed by atoms with E-state index in [0.29, 0.717) is 5.75 Å². The minimum atomic E-state index is 0.694. The summed E-state index contributed by atoms with van der Waals surface area (Å²) in [6, 6.07) is 0. The van der Waals surface area contributed by atoms with Gasteiger partial charge in [-0.3, -0.25) is 0 Å². The van der Waals surface area contributed by atoms with Gasteiger partial charge in [-0.2, -0.15) is 0 Å². The Morgan fingerprint density at radius 2 is 2.20 bits per heavy atom. The van der Waals surface area contributed by atoms with E-state index in [1.807, 2.05) is 6.92 Å². The van der Waals surface area contributed by atoms with Gasteiger partial charge in [-0.1, -0.05) is 24.8 Å². The van der Waals surface area contributed by atoms with Gasteiger partial charge in [0.2, 0.25) is 0 Å². The molecule has 0 saturated heterocycles. The quantitative estimate of drug-likeness (QED) is 0.427. The van der Waals surface area contributed by atoms with Gasteiger partial charge in [0, 0.05) is 5.75 Å². The lowest BCUT2D eigenvalue weighted by atomic mass is 10.4. The van der Waals surface area contributed by atoms with Crippen molar-refractivity contribution in [2.75, 3.05) is 5.75 Å². The summed E-state index contributed by atoms with van der Waals surface area (Å²) in [6.07, 6.45) is 0. The maximum absolute atomic E-state index is 4.58. The molecule has 1 radical (unpaired) electrons. The first-order chi connectivity index (χ1) is 2.27. The van der Waals surface area contributed by atoms with Crippen molar-refractivity contribution in [3.05, 3.63) is 12.2 Å². The van der Waals surface area contributed by atoms with Crippen molar-refractivity contribution in [1.82, 2.24) is 0 Å². The molecule has 0 aliphatic heterocycles. The monoisotopic (exact) mass is 87.0 g/mol. The number of rotatable bonds is 1. The minimum Gasteiger partial charge on any atom is -0.0993 e. The van der Waals surface area contributed by atoms with Crippen molar-refractivity contribution in [3.8, 4) is 0 Å². The number of hydrogen-bond acceptors (Lipinski definition) is 0. The third-order valence-corrected chi connectivity index (χ3v) is 0.739. The van der Waals surface area contributed by atoms with Crippen molar-refractivity contribution in [1.29, 1.82) is 0 Å². The molecule has 0 unspecified atom stereocenters. The van der Waals surface area contributed by atoms with E-state index in [2.05, 4.69) is 19.2 Å². The predicted octanol–water partition coefficient (Wildman–Crippen LogP) is 1.76. The molecular weight excluding hydrogens is 80.1 g/mol. The zero-order valence-corrected chi connectivity index (χ0v) is 4.14. The lowest BCUT2D eigenvalue weighted by Crippen LogP contribution is -1.66. The topological polar surface area (TPSA) is 0 Å². The van der Waals surface area contributed by atoms with Crippen LogP contribution < -0.4 is 0 Å². The largest absolute Gasteiger partial charge is 0.0993 e. The fraction of sp³-hybridized carbons (Fsp3) is 0.500. The first-order valence-corrected chi connectivity index (χ1v) is 2.07. The molecule has 0 saturated carbocycles. The Kier molecular flexibility index (Phi) is 2.38. The molecule has 0 N–H and O–H groups in total. The molecule has 0 heterocycles. The molecule has 0 aromatic rings. The summed E-state index contributed by atoms with van der Waals surface area (Å²) < 4.78 is 0. The van der Waals surface area contributed by atoms with Gasteiger partial charge in [0.25, 0.3) is 0 Å². The maximum Gasteiger partial charge on any atom is 0.0242 e. The summed E-state index contributed by atoms with van der Waals surface area (Å²) in [5.41, 5.74) is 1.07. The average Bonchev–Trinajstić information content (AvgIpc) is 1.38. The van der Waals surface area contributed by atoms with Crippen LogP contribution in [0.15, 0.2) is 12.2 Å². The molecule has 1 heteroatoms. The van der Waals surface area contributed by atoms with Gasteiger partial charge < -0.3 is 0 Å². The van der Waals surface area contributed by atoms with Crippen LogP contribution in [0, 0.1) is 0 Å². The summed E-state index contributed by atoms with van der Waals surface area (Å²) >= 11 is 4.58. The molecule has 0 nitrogen and oxygen atoms in total. The van der Waals surface area contributed by atoms with Gasteiger partial charge in [0.1, 0.15) is 0 Å². The van der Waals surface area contributed by atoms with Crippen molar-refractivity contribution in [3.63, 3.8) is 0 Å². The Labute approximate surface area is 38.3 Å². The molecule has 0 aliphatic rings. The van der Waals surface area contributed by atoms with E-state index in [-0.39, 0.29) is 0 Å². The molecule has 0 aromatic heterocycles. The molecule has 0 amide bonds. The zero-order chi connectivity index (χ0) is 4.28. The molecule has 0 bridgehead atoms. The molecule has 0 spiro atoms. The SMILES string of the molecule is C=C(C)C[S]. The van der Waals surface area contributed by atoms with Crippen molar-refractivity contribution < 1.29 is 0 Å². The minimum absolute atomic E-state index is 0.694. The second-order valence-corrected chi connectivity index (χ2v) is 1.39. The van der Waals surface area contributed by atoms with Crippen LogP contribution in [0.4, 0.5) is 0 Å². The highest BCUT2D eigenvalue weighted by molar-refractivity contribution is 7.80. The van der Waals surface area contributed by atoms with Gasteiger partial charge in [0.05, 0.1) is 0 Å². The second kappa shape index (κ2) is 2.33. The normalized spacial score (nSPS) is 7.60. The Balaban J connectivity index is 2.85. The fourth-order valence-corrected chi connectivity index (χ4v) is 0. The van der Waals surface area contributed by atoms with Gasteiger partial charge in [0.15, 0.2) is 0 Å². The van der Waals surface area contributed by atoms with Crippen LogP contribution in [-0.2, 0) is 0 Å². The molecule has 5 heavy (non-hydrogen) atoms. The van der Waals surface area contributed by atoms with Gasteiger partial charge >= 0.3 is 0 Å². The van der Waals surface area contributed by atoms with E-state index in [9.17, 15) is 0 Å². The van der Waals surface area contributed by atoms with Gasteiger partial charge in [-0.25, -0.2) is 0 Å². The maximum atomic E-state index is 4.58. The van der Waals surface area contributed by atoms with E-state index in [1.54, 1.807) is 0 Å². The highest BCUT2D eigenvalue weighted by Gasteiger charge is 1.69. The van der Waals surface area contributed by atoms with E-state index < -0.39 is 0 Å². The van der Waals surface area contributed by atoms with Crippen molar-refractivity contribution in [2.45, 2.75) is 6.92 Å². The van der Waals surface area contributed by atoms with Gasteiger partial charge in [-0.05, 0) is 6.92 Å². The first kappa shape index (κ1) is 5.09. The third-order valence-electron chi connectivity index (χ3n) is 0.246. The Morgan fingerprint density at radius 3 is 2.20 bits per heavy atom. The molecular formula is C4H7S. The Morgan fingerprint density at radius 1 is 2.00 bits per heavy atom. The molecule has 29 valence electrons. The lowest BCUT2D eigenvalue weighted by Gasteiger charge is -1.77. The van der Waals surface area contributed by atoms with Crippen molar-refractivity contribution in [2.24, 2.45) is 0 Å². The predicted molar refractivity (Wildman–Crippen MR) is 27.3 cm³/mol. The van der Waals surface area contributed by atoms with Crippen LogP contribution >= 0.6 is 12.6 Å². The van der Waals surface area contributed by atoms with E-state index in [4.69, 9.17) is 0 Å². The van der Waals surface area contributed by atoms with Crippen LogP contribution in [0.2, 0.25) is 0 Å². The van der Waals surface area contributed by atoms with Crippen LogP contribution in [0.1, 0.15) is 6.92 Å². The van der Waals surface area contributed by atoms with Crippen LogP contribution in [0.25, 0.3) is 0 Å². The van der Waals surface area contributed by atoms with Gasteiger partial charge in [-0.15, -0.1) is 0 Å². The number of hydrogen-bond donors (Lipinski definition) is 0. The fourth-order valence-electron chi connectivity index (χ4n) is 0. The smallest absolute Gasteiger partial charge is 0.0242 e. The summed E-state index contributed by atoms with van der Waals surface area (Å²) in [7, 11) is 0. The Bertz CT molecular complexity index is 38.9. The average molecular weight is 87.2 g/mol. The summed E-state index contributed by atoms with van der Waals surface area (Å²) in [4.78, 5) is 0. The second-order valence-electron chi connectivity index (χ2n) is 1.10. The first-order valence-electron chi connectivity index (χ1n) is 1.50. The molecule has 0 atom stereocenters. The van der Waals surface area contributed by atoms with Crippen LogP contribution in [0.3, 0.4) is 0 Å². The summed E-state index contributed by atoms with van der Waals surface area (Å²) in [5, 5.41) is 0. The molecule has 0 fully saturated rings. The highest BCUT2D eigenvalue weighted by Crippen LogP contribution is 1.85. The summed E-state index contributed by atoms with van der Waals surface area (Å²) in [5.74, 6) is 0.694. The Hall–Kier alpha value is 0.0900. The van der Waals surface area contributed by atoms with E-state index >= 15 is 0 Å². The molecule has 0 aromatic carbocycles. The van der Waals surface area contributed by atoms with Crippen molar-refractivity contribution >= 4 is 12.6 Å². The van der Waals surface area contributed by atoms with Crippen LogP contribution in [0.5, 0.6) is 0 Å².